The quantitative estimate of drug-likeness (QED) is 0.915. The predicted octanol–water partition coefficient (Wildman–Crippen LogP) is 1.47. The third kappa shape index (κ3) is 3.44. The molecule has 1 unspecified atom stereocenters. The van der Waals surface area contributed by atoms with Crippen molar-refractivity contribution in [2.24, 2.45) is 0 Å². The molecule has 0 bridgehead atoms. The van der Waals surface area contributed by atoms with E-state index >= 15 is 0 Å². The average molecular weight is 315 g/mol. The molecular weight excluding hydrogens is 296 g/mol. The summed E-state index contributed by atoms with van der Waals surface area (Å²) < 4.78 is 15.9. The van der Waals surface area contributed by atoms with Crippen LogP contribution in [0.5, 0.6) is 0 Å². The molecule has 1 atom stereocenters. The van der Waals surface area contributed by atoms with Crippen LogP contribution in [0.4, 0.5) is 0 Å². The van der Waals surface area contributed by atoms with E-state index in [9.17, 15) is 0 Å². The highest BCUT2D eigenvalue weighted by Crippen LogP contribution is 2.24. The lowest BCUT2D eigenvalue weighted by Gasteiger charge is -2.30. The Labute approximate surface area is 129 Å². The molecule has 0 spiro atoms. The fourth-order valence-corrected chi connectivity index (χ4v) is 2.28. The maximum absolute atomic E-state index is 5.59. The summed E-state index contributed by atoms with van der Waals surface area (Å²) >= 11 is 0. The first-order valence-corrected chi connectivity index (χ1v) is 6.60. The zero-order valence-corrected chi connectivity index (χ0v) is 12.9. The Balaban J connectivity index is 0.00000161. The average Bonchev–Trinajstić information content (AvgIpc) is 3.08. The van der Waals surface area contributed by atoms with Gasteiger partial charge < -0.3 is 19.0 Å². The van der Waals surface area contributed by atoms with E-state index < -0.39 is 0 Å². The van der Waals surface area contributed by atoms with Crippen molar-refractivity contribution >= 4 is 12.4 Å². The molecule has 2 aromatic heterocycles. The van der Waals surface area contributed by atoms with Crippen LogP contribution in [0.1, 0.15) is 17.6 Å². The minimum absolute atomic E-state index is 0. The van der Waals surface area contributed by atoms with Gasteiger partial charge in [0, 0.05) is 26.7 Å². The number of likely N-dealkylation sites (N-methyl/N-ethyl adjacent to an activating group) is 1. The Hall–Kier alpha value is -1.41. The maximum atomic E-state index is 5.59. The Kier molecular flexibility index (Phi) is 5.35. The lowest BCUT2D eigenvalue weighted by atomic mass is 10.2. The lowest BCUT2D eigenvalue weighted by Crippen LogP contribution is -2.44. The van der Waals surface area contributed by atoms with Crippen molar-refractivity contribution in [3.8, 4) is 11.7 Å². The topological polar surface area (TPSA) is 76.6 Å². The van der Waals surface area contributed by atoms with Crippen molar-refractivity contribution in [2.75, 3.05) is 33.8 Å². The fraction of sp³-hybridized carbons (Fsp3) is 0.538. The SMILES string of the molecule is COCc1ccc(-c2nc(C3CNCCN3C)no2)o1.Cl. The molecule has 1 fully saturated rings. The van der Waals surface area contributed by atoms with Gasteiger partial charge in [-0.3, -0.25) is 4.90 Å². The van der Waals surface area contributed by atoms with Gasteiger partial charge in [0.05, 0.1) is 6.04 Å². The smallest absolute Gasteiger partial charge is 0.293 e. The molecule has 116 valence electrons. The highest BCUT2D eigenvalue weighted by atomic mass is 35.5. The lowest BCUT2D eigenvalue weighted by molar-refractivity contribution is 0.164. The van der Waals surface area contributed by atoms with E-state index in [1.807, 2.05) is 12.1 Å². The van der Waals surface area contributed by atoms with Crippen molar-refractivity contribution in [1.82, 2.24) is 20.4 Å². The van der Waals surface area contributed by atoms with Gasteiger partial charge in [-0.05, 0) is 19.2 Å². The largest absolute Gasteiger partial charge is 0.453 e. The number of methoxy groups -OCH3 is 1. The van der Waals surface area contributed by atoms with E-state index in [-0.39, 0.29) is 18.4 Å². The van der Waals surface area contributed by atoms with Crippen molar-refractivity contribution in [3.05, 3.63) is 23.7 Å². The second-order valence-electron chi connectivity index (χ2n) is 4.86. The summed E-state index contributed by atoms with van der Waals surface area (Å²) in [4.78, 5) is 6.65. The zero-order chi connectivity index (χ0) is 13.9. The summed E-state index contributed by atoms with van der Waals surface area (Å²) in [5.74, 6) is 2.39. The van der Waals surface area contributed by atoms with Crippen LogP contribution in [0.3, 0.4) is 0 Å². The van der Waals surface area contributed by atoms with E-state index in [4.69, 9.17) is 13.7 Å². The normalized spacial score (nSPS) is 19.4. The van der Waals surface area contributed by atoms with E-state index in [1.165, 1.54) is 0 Å². The molecular formula is C13H19ClN4O3. The van der Waals surface area contributed by atoms with Crippen molar-refractivity contribution in [1.29, 1.82) is 0 Å². The van der Waals surface area contributed by atoms with Crippen LogP contribution < -0.4 is 5.32 Å². The fourth-order valence-electron chi connectivity index (χ4n) is 2.28. The van der Waals surface area contributed by atoms with Gasteiger partial charge in [0.2, 0.25) is 0 Å². The van der Waals surface area contributed by atoms with Gasteiger partial charge in [0.25, 0.3) is 5.89 Å². The Morgan fingerprint density at radius 1 is 1.48 bits per heavy atom. The molecule has 0 amide bonds. The van der Waals surface area contributed by atoms with Crippen LogP contribution >= 0.6 is 12.4 Å². The monoisotopic (exact) mass is 314 g/mol. The van der Waals surface area contributed by atoms with Crippen LogP contribution in [0, 0.1) is 0 Å². The van der Waals surface area contributed by atoms with Crippen LogP contribution in [0.15, 0.2) is 21.1 Å². The molecule has 3 heterocycles. The van der Waals surface area contributed by atoms with Gasteiger partial charge in [-0.25, -0.2) is 0 Å². The summed E-state index contributed by atoms with van der Waals surface area (Å²) in [6.45, 7) is 3.20. The molecule has 1 aliphatic heterocycles. The summed E-state index contributed by atoms with van der Waals surface area (Å²) in [5.41, 5.74) is 0. The second kappa shape index (κ2) is 7.04. The zero-order valence-electron chi connectivity index (χ0n) is 12.0. The highest BCUT2D eigenvalue weighted by molar-refractivity contribution is 5.85. The summed E-state index contributed by atoms with van der Waals surface area (Å²) in [7, 11) is 3.68. The number of rotatable bonds is 4. The van der Waals surface area contributed by atoms with Gasteiger partial charge in [0.1, 0.15) is 12.4 Å². The molecule has 2 aromatic rings. The molecule has 7 nitrogen and oxygen atoms in total. The van der Waals surface area contributed by atoms with Gasteiger partial charge in [-0.1, -0.05) is 5.16 Å². The molecule has 21 heavy (non-hydrogen) atoms. The van der Waals surface area contributed by atoms with E-state index in [0.717, 1.165) is 25.4 Å². The standard InChI is InChI=1S/C13H18N4O3.ClH/c1-17-6-5-14-7-10(17)12-15-13(20-16-12)11-4-3-9(19-11)8-18-2;/h3-4,10,14H,5-8H2,1-2H3;1H. The minimum Gasteiger partial charge on any atom is -0.453 e. The van der Waals surface area contributed by atoms with Crippen LogP contribution in [-0.4, -0.2) is 48.8 Å². The van der Waals surface area contributed by atoms with Crippen LogP contribution in [-0.2, 0) is 11.3 Å². The number of nitrogens with one attached hydrogen (secondary N) is 1. The van der Waals surface area contributed by atoms with Crippen LogP contribution in [0.25, 0.3) is 11.7 Å². The number of piperazine rings is 1. The van der Waals surface area contributed by atoms with Crippen LogP contribution in [0.2, 0.25) is 0 Å². The van der Waals surface area contributed by atoms with Crippen molar-refractivity contribution in [2.45, 2.75) is 12.6 Å². The maximum Gasteiger partial charge on any atom is 0.293 e. The number of halogens is 1. The molecule has 0 aromatic carbocycles. The van der Waals surface area contributed by atoms with E-state index in [1.54, 1.807) is 7.11 Å². The van der Waals surface area contributed by atoms with Gasteiger partial charge in [-0.15, -0.1) is 12.4 Å². The number of nitrogens with zero attached hydrogens (tertiary/aromatic N) is 3. The third-order valence-corrected chi connectivity index (χ3v) is 3.41. The van der Waals surface area contributed by atoms with Gasteiger partial charge in [0.15, 0.2) is 11.6 Å². The van der Waals surface area contributed by atoms with Crippen molar-refractivity contribution in [3.63, 3.8) is 0 Å². The second-order valence-corrected chi connectivity index (χ2v) is 4.86. The first kappa shape index (κ1) is 16.0. The minimum atomic E-state index is 0. The summed E-state index contributed by atoms with van der Waals surface area (Å²) in [6, 6.07) is 3.79. The molecule has 0 aliphatic carbocycles. The Morgan fingerprint density at radius 2 is 2.33 bits per heavy atom. The van der Waals surface area contributed by atoms with Crippen molar-refractivity contribution < 1.29 is 13.7 Å². The number of hydrogen-bond acceptors (Lipinski definition) is 7. The highest BCUT2D eigenvalue weighted by Gasteiger charge is 2.26. The van der Waals surface area contributed by atoms with E-state index in [0.29, 0.717) is 24.1 Å². The summed E-state index contributed by atoms with van der Waals surface area (Å²) in [5, 5.41) is 7.39. The number of furan rings is 1. The first-order valence-electron chi connectivity index (χ1n) is 6.60. The molecule has 8 heteroatoms. The number of aromatic nitrogens is 2. The first-order chi connectivity index (χ1) is 9.78. The number of ether oxygens (including phenoxy) is 1. The Bertz CT molecular complexity index is 571. The molecule has 3 rings (SSSR count). The Morgan fingerprint density at radius 3 is 3.10 bits per heavy atom. The number of hydrogen-bond donors (Lipinski definition) is 1. The van der Waals surface area contributed by atoms with E-state index in [2.05, 4.69) is 27.4 Å². The molecule has 0 radical (unpaired) electrons. The molecule has 1 saturated heterocycles. The predicted molar refractivity (Wildman–Crippen MR) is 78.2 cm³/mol. The van der Waals surface area contributed by atoms with Gasteiger partial charge >= 0.3 is 0 Å². The molecule has 1 aliphatic rings. The third-order valence-electron chi connectivity index (χ3n) is 3.41. The molecule has 0 saturated carbocycles. The summed E-state index contributed by atoms with van der Waals surface area (Å²) in [6.07, 6.45) is 0. The molecule has 1 N–H and O–H groups in total. The van der Waals surface area contributed by atoms with Gasteiger partial charge in [-0.2, -0.15) is 4.98 Å².